The number of hydrogen-bond acceptors (Lipinski definition) is 4. The lowest BCUT2D eigenvalue weighted by atomic mass is 9.95. The molecule has 1 heterocycles. The van der Waals surface area contributed by atoms with Gasteiger partial charge in [0.2, 0.25) is 0 Å². The summed E-state index contributed by atoms with van der Waals surface area (Å²) >= 11 is 13.0. The van der Waals surface area contributed by atoms with Gasteiger partial charge in [0, 0.05) is 42.8 Å². The minimum Gasteiger partial charge on any atom is -0.496 e. The number of ether oxygens (including phenoxy) is 2. The van der Waals surface area contributed by atoms with Gasteiger partial charge in [0.25, 0.3) is 0 Å². The first-order valence-corrected chi connectivity index (χ1v) is 9.02. The largest absolute Gasteiger partial charge is 0.496 e. The molecule has 1 saturated heterocycles. The third kappa shape index (κ3) is 3.87. The van der Waals surface area contributed by atoms with Crippen molar-refractivity contribution in [3.63, 3.8) is 0 Å². The van der Waals surface area contributed by atoms with Crippen molar-refractivity contribution in [1.29, 1.82) is 0 Å². The standard InChI is InChI=1S/C19H22Cl2N2O2/c1-24-17-12-18(25-2)16(21)11-14(17)19(23-9-7-22-8-10-23)13-5-3-4-6-15(13)20/h3-6,11-12,19,22H,7-10H2,1-2H3. The van der Waals surface area contributed by atoms with E-state index in [4.69, 9.17) is 32.7 Å². The first kappa shape index (κ1) is 18.3. The second-order valence-corrected chi connectivity index (χ2v) is 6.75. The summed E-state index contributed by atoms with van der Waals surface area (Å²) < 4.78 is 11.0. The third-order valence-corrected chi connectivity index (χ3v) is 5.15. The van der Waals surface area contributed by atoms with E-state index in [1.165, 1.54) is 0 Å². The van der Waals surface area contributed by atoms with Crippen LogP contribution in [0.5, 0.6) is 11.5 Å². The van der Waals surface area contributed by atoms with Crippen LogP contribution in [0, 0.1) is 0 Å². The minimum absolute atomic E-state index is 0.0332. The molecule has 1 atom stereocenters. The van der Waals surface area contributed by atoms with E-state index in [1.54, 1.807) is 14.2 Å². The van der Waals surface area contributed by atoms with Crippen LogP contribution in [0.3, 0.4) is 0 Å². The van der Waals surface area contributed by atoms with E-state index >= 15 is 0 Å². The summed E-state index contributed by atoms with van der Waals surface area (Å²) in [6, 6.07) is 11.7. The van der Waals surface area contributed by atoms with Crippen molar-refractivity contribution in [2.75, 3.05) is 40.4 Å². The molecule has 1 fully saturated rings. The molecule has 0 bridgehead atoms. The van der Waals surface area contributed by atoms with E-state index < -0.39 is 0 Å². The molecule has 0 aliphatic carbocycles. The van der Waals surface area contributed by atoms with E-state index in [-0.39, 0.29) is 6.04 Å². The van der Waals surface area contributed by atoms with E-state index in [0.717, 1.165) is 48.1 Å². The Labute approximate surface area is 158 Å². The van der Waals surface area contributed by atoms with Gasteiger partial charge in [-0.3, -0.25) is 4.90 Å². The number of hydrogen-bond donors (Lipinski definition) is 1. The summed E-state index contributed by atoms with van der Waals surface area (Å²) in [6.07, 6.45) is 0. The zero-order valence-corrected chi connectivity index (χ0v) is 15.9. The van der Waals surface area contributed by atoms with Crippen LogP contribution in [-0.4, -0.2) is 45.3 Å². The van der Waals surface area contributed by atoms with Crippen molar-refractivity contribution in [1.82, 2.24) is 10.2 Å². The highest BCUT2D eigenvalue weighted by Crippen LogP contribution is 2.42. The first-order valence-electron chi connectivity index (χ1n) is 8.26. The molecule has 3 rings (SSSR count). The Morgan fingerprint density at radius 3 is 2.24 bits per heavy atom. The molecule has 134 valence electrons. The lowest BCUT2D eigenvalue weighted by Crippen LogP contribution is -2.45. The van der Waals surface area contributed by atoms with E-state index in [2.05, 4.69) is 16.3 Å². The maximum Gasteiger partial charge on any atom is 0.141 e. The van der Waals surface area contributed by atoms with Crippen LogP contribution < -0.4 is 14.8 Å². The Hall–Kier alpha value is -1.46. The summed E-state index contributed by atoms with van der Waals surface area (Å²) in [5.41, 5.74) is 2.04. The van der Waals surface area contributed by atoms with Gasteiger partial charge in [0.1, 0.15) is 11.5 Å². The normalized spacial score (nSPS) is 16.5. The van der Waals surface area contributed by atoms with Crippen molar-refractivity contribution >= 4 is 23.2 Å². The third-order valence-electron chi connectivity index (χ3n) is 4.52. The fourth-order valence-corrected chi connectivity index (χ4v) is 3.78. The number of nitrogens with one attached hydrogen (secondary N) is 1. The van der Waals surface area contributed by atoms with Gasteiger partial charge in [-0.15, -0.1) is 0 Å². The van der Waals surface area contributed by atoms with E-state index in [1.807, 2.05) is 30.3 Å². The summed E-state index contributed by atoms with van der Waals surface area (Å²) in [4.78, 5) is 2.40. The molecule has 1 aliphatic rings. The van der Waals surface area contributed by atoms with Crippen LogP contribution in [0.25, 0.3) is 0 Å². The van der Waals surface area contributed by atoms with Gasteiger partial charge in [0.15, 0.2) is 0 Å². The highest BCUT2D eigenvalue weighted by atomic mass is 35.5. The zero-order chi connectivity index (χ0) is 17.8. The number of piperazine rings is 1. The molecular formula is C19H22Cl2N2O2. The molecular weight excluding hydrogens is 359 g/mol. The van der Waals surface area contributed by atoms with Crippen LogP contribution >= 0.6 is 23.2 Å². The van der Waals surface area contributed by atoms with Gasteiger partial charge >= 0.3 is 0 Å². The first-order chi connectivity index (χ1) is 12.2. The predicted octanol–water partition coefficient (Wildman–Crippen LogP) is 4.01. The monoisotopic (exact) mass is 380 g/mol. The van der Waals surface area contributed by atoms with Crippen molar-refractivity contribution in [3.8, 4) is 11.5 Å². The van der Waals surface area contributed by atoms with Crippen molar-refractivity contribution in [3.05, 3.63) is 57.6 Å². The summed E-state index contributed by atoms with van der Waals surface area (Å²) in [6.45, 7) is 3.71. The number of nitrogens with zero attached hydrogens (tertiary/aromatic N) is 1. The smallest absolute Gasteiger partial charge is 0.141 e. The fourth-order valence-electron chi connectivity index (χ4n) is 3.30. The van der Waals surface area contributed by atoms with Crippen LogP contribution in [0.15, 0.2) is 36.4 Å². The number of halogens is 2. The maximum absolute atomic E-state index is 6.54. The molecule has 2 aromatic rings. The quantitative estimate of drug-likeness (QED) is 0.849. The van der Waals surface area contributed by atoms with Crippen LogP contribution in [0.4, 0.5) is 0 Å². The summed E-state index contributed by atoms with van der Waals surface area (Å²) in [5, 5.41) is 4.69. The Morgan fingerprint density at radius 1 is 0.920 bits per heavy atom. The molecule has 0 aromatic heterocycles. The van der Waals surface area contributed by atoms with E-state index in [9.17, 15) is 0 Å². The molecule has 2 aromatic carbocycles. The molecule has 0 amide bonds. The summed E-state index contributed by atoms with van der Waals surface area (Å²) in [7, 11) is 3.26. The Bertz CT molecular complexity index is 733. The van der Waals surface area contributed by atoms with Gasteiger partial charge in [-0.1, -0.05) is 41.4 Å². The fraction of sp³-hybridized carbons (Fsp3) is 0.368. The topological polar surface area (TPSA) is 33.7 Å². The molecule has 0 saturated carbocycles. The molecule has 6 heteroatoms. The maximum atomic E-state index is 6.54. The van der Waals surface area contributed by atoms with Crippen LogP contribution in [-0.2, 0) is 0 Å². The average Bonchev–Trinajstić information content (AvgIpc) is 2.64. The molecule has 1 aliphatic heterocycles. The minimum atomic E-state index is -0.0332. The van der Waals surface area contributed by atoms with Gasteiger partial charge in [-0.2, -0.15) is 0 Å². The SMILES string of the molecule is COc1cc(OC)c(C(c2ccccc2Cl)N2CCNCC2)cc1Cl. The molecule has 1 N–H and O–H groups in total. The molecule has 4 nitrogen and oxygen atoms in total. The Morgan fingerprint density at radius 2 is 1.60 bits per heavy atom. The van der Waals surface area contributed by atoms with Crippen molar-refractivity contribution in [2.45, 2.75) is 6.04 Å². The van der Waals surface area contributed by atoms with Gasteiger partial charge < -0.3 is 14.8 Å². The van der Waals surface area contributed by atoms with Crippen molar-refractivity contribution in [2.24, 2.45) is 0 Å². The van der Waals surface area contributed by atoms with Gasteiger partial charge in [-0.05, 0) is 17.7 Å². The lowest BCUT2D eigenvalue weighted by Gasteiger charge is -2.36. The summed E-state index contributed by atoms with van der Waals surface area (Å²) in [5.74, 6) is 1.34. The van der Waals surface area contributed by atoms with E-state index in [0.29, 0.717) is 10.8 Å². The zero-order valence-electron chi connectivity index (χ0n) is 14.4. The predicted molar refractivity (Wildman–Crippen MR) is 102 cm³/mol. The number of methoxy groups -OCH3 is 2. The second-order valence-electron chi connectivity index (χ2n) is 5.94. The Kier molecular flexibility index (Phi) is 6.07. The molecule has 25 heavy (non-hydrogen) atoms. The van der Waals surface area contributed by atoms with Gasteiger partial charge in [-0.25, -0.2) is 0 Å². The van der Waals surface area contributed by atoms with Crippen LogP contribution in [0.1, 0.15) is 17.2 Å². The molecule has 0 spiro atoms. The molecule has 0 radical (unpaired) electrons. The molecule has 1 unspecified atom stereocenters. The van der Waals surface area contributed by atoms with Gasteiger partial charge in [0.05, 0.1) is 25.3 Å². The average molecular weight is 381 g/mol. The number of benzene rings is 2. The van der Waals surface area contributed by atoms with Crippen LogP contribution in [0.2, 0.25) is 10.0 Å². The second kappa shape index (κ2) is 8.28. The Balaban J connectivity index is 2.14. The number of rotatable bonds is 5. The lowest BCUT2D eigenvalue weighted by molar-refractivity contribution is 0.195. The van der Waals surface area contributed by atoms with Crippen molar-refractivity contribution < 1.29 is 9.47 Å². The highest BCUT2D eigenvalue weighted by Gasteiger charge is 2.29. The highest BCUT2D eigenvalue weighted by molar-refractivity contribution is 6.32.